The Morgan fingerprint density at radius 2 is 2.38 bits per heavy atom. The van der Waals surface area contributed by atoms with Crippen molar-refractivity contribution >= 4 is 11.6 Å². The van der Waals surface area contributed by atoms with Gasteiger partial charge in [-0.1, -0.05) is 0 Å². The smallest absolute Gasteiger partial charge is 0.193 e. The van der Waals surface area contributed by atoms with Crippen molar-refractivity contribution in [3.8, 4) is 0 Å². The van der Waals surface area contributed by atoms with Crippen LogP contribution >= 0.6 is 11.6 Å². The Morgan fingerprint density at radius 1 is 1.62 bits per heavy atom. The summed E-state index contributed by atoms with van der Waals surface area (Å²) >= 11 is 5.44. The molecule has 0 fully saturated rings. The normalized spacial score (nSPS) is 9.75. The van der Waals surface area contributed by atoms with E-state index in [0.29, 0.717) is 11.8 Å². The van der Waals surface area contributed by atoms with Gasteiger partial charge in [0.05, 0.1) is 0 Å². The molecule has 1 rings (SSSR count). The Labute approximate surface area is 52.2 Å². The summed E-state index contributed by atoms with van der Waals surface area (Å²) in [5.74, 6) is 0.829. The molecule has 3 heteroatoms. The van der Waals surface area contributed by atoms with Gasteiger partial charge in [0, 0.05) is 0 Å². The summed E-state index contributed by atoms with van der Waals surface area (Å²) in [6.45, 7) is 0.659. The predicted molar refractivity (Wildman–Crippen MR) is 30.3 cm³/mol. The lowest BCUT2D eigenvalue weighted by molar-refractivity contribution is -0.390. The Hall–Kier alpha value is -0.470. The molecule has 0 bridgehead atoms. The fourth-order valence-corrected chi connectivity index (χ4v) is 0.648. The van der Waals surface area contributed by atoms with Gasteiger partial charge in [-0.05, 0) is 23.7 Å². The van der Waals surface area contributed by atoms with Crippen LogP contribution in [-0.2, 0) is 6.54 Å². The fraction of sp³-hybridized carbons (Fsp3) is 0.200. The van der Waals surface area contributed by atoms with Gasteiger partial charge in [0.2, 0.25) is 0 Å². The molecule has 0 radical (unpaired) electrons. The molecule has 0 aliphatic rings. The molecule has 44 valence electrons. The van der Waals surface area contributed by atoms with Gasteiger partial charge in [0.15, 0.2) is 11.0 Å². The predicted octanol–water partition coefficient (Wildman–Crippen LogP) is 0.675. The lowest BCUT2D eigenvalue weighted by atomic mass is 10.5. The summed E-state index contributed by atoms with van der Waals surface area (Å²) in [6, 6.07) is 3.53. The van der Waals surface area contributed by atoms with Gasteiger partial charge in [0.25, 0.3) is 0 Å². The number of rotatable bonds is 1. The van der Waals surface area contributed by atoms with Gasteiger partial charge >= 0.3 is 0 Å². The van der Waals surface area contributed by atoms with Crippen molar-refractivity contribution in [3.63, 3.8) is 0 Å². The largest absolute Gasteiger partial charge is 0.444 e. The van der Waals surface area contributed by atoms with Gasteiger partial charge in [-0.25, -0.2) is 0 Å². The maximum Gasteiger partial charge on any atom is 0.193 e. The molecule has 3 N–H and O–H groups in total. The standard InChI is InChI=1S/C5H6ClNO/c6-5-2-1-4(3-7)8-5/h1-2H,3,7H2/p+1. The summed E-state index contributed by atoms with van der Waals surface area (Å²) in [5, 5.41) is 0.434. The van der Waals surface area contributed by atoms with Crippen molar-refractivity contribution in [1.29, 1.82) is 0 Å². The molecule has 2 nitrogen and oxygen atoms in total. The average molecular weight is 133 g/mol. The molecule has 1 heterocycles. The minimum atomic E-state index is 0.434. The van der Waals surface area contributed by atoms with Crippen molar-refractivity contribution in [1.82, 2.24) is 0 Å². The van der Waals surface area contributed by atoms with E-state index in [-0.39, 0.29) is 0 Å². The first-order valence-corrected chi connectivity index (χ1v) is 2.74. The lowest BCUT2D eigenvalue weighted by Gasteiger charge is -1.79. The van der Waals surface area contributed by atoms with E-state index < -0.39 is 0 Å². The van der Waals surface area contributed by atoms with E-state index in [1.807, 2.05) is 6.07 Å². The van der Waals surface area contributed by atoms with Crippen LogP contribution in [0.15, 0.2) is 16.5 Å². The van der Waals surface area contributed by atoms with Crippen LogP contribution in [0.2, 0.25) is 5.22 Å². The van der Waals surface area contributed by atoms with Crippen LogP contribution in [-0.4, -0.2) is 0 Å². The topological polar surface area (TPSA) is 40.8 Å². The average Bonchev–Trinajstić information content (AvgIpc) is 2.14. The maximum atomic E-state index is 5.44. The Balaban J connectivity index is 2.84. The van der Waals surface area contributed by atoms with Crippen LogP contribution in [0.25, 0.3) is 0 Å². The van der Waals surface area contributed by atoms with E-state index in [9.17, 15) is 0 Å². The summed E-state index contributed by atoms with van der Waals surface area (Å²) in [4.78, 5) is 0. The second-order valence-electron chi connectivity index (χ2n) is 1.46. The monoisotopic (exact) mass is 132 g/mol. The number of quaternary nitrogens is 1. The highest BCUT2D eigenvalue weighted by molar-refractivity contribution is 6.28. The third-order valence-corrected chi connectivity index (χ3v) is 1.08. The van der Waals surface area contributed by atoms with E-state index in [0.717, 1.165) is 5.76 Å². The van der Waals surface area contributed by atoms with Crippen LogP contribution < -0.4 is 5.73 Å². The Bertz CT molecular complexity index is 173. The van der Waals surface area contributed by atoms with Gasteiger partial charge in [0.1, 0.15) is 6.54 Å². The molecular weight excluding hydrogens is 126 g/mol. The zero-order chi connectivity index (χ0) is 5.98. The molecule has 0 atom stereocenters. The van der Waals surface area contributed by atoms with E-state index >= 15 is 0 Å². The van der Waals surface area contributed by atoms with Crippen molar-refractivity contribution < 1.29 is 10.2 Å². The zero-order valence-corrected chi connectivity index (χ0v) is 5.11. The number of hydrogen-bond donors (Lipinski definition) is 1. The molecule has 8 heavy (non-hydrogen) atoms. The number of furan rings is 1. The molecule has 0 aromatic carbocycles. The van der Waals surface area contributed by atoms with E-state index in [1.54, 1.807) is 6.07 Å². The van der Waals surface area contributed by atoms with Crippen molar-refractivity contribution in [2.24, 2.45) is 0 Å². The summed E-state index contributed by atoms with van der Waals surface area (Å²) in [5.41, 5.74) is 3.62. The number of halogens is 1. The molecule has 0 aliphatic carbocycles. The summed E-state index contributed by atoms with van der Waals surface area (Å²) < 4.78 is 4.94. The molecular formula is C5H7ClNO+. The van der Waals surface area contributed by atoms with E-state index in [2.05, 4.69) is 5.73 Å². The SMILES string of the molecule is [NH3+]Cc1ccc(Cl)o1. The van der Waals surface area contributed by atoms with Crippen LogP contribution in [0.1, 0.15) is 5.76 Å². The van der Waals surface area contributed by atoms with E-state index in [4.69, 9.17) is 16.0 Å². The van der Waals surface area contributed by atoms with Crippen LogP contribution in [0.4, 0.5) is 0 Å². The quantitative estimate of drug-likeness (QED) is 0.600. The first-order valence-electron chi connectivity index (χ1n) is 2.36. The Morgan fingerprint density at radius 3 is 2.62 bits per heavy atom. The molecule has 1 aromatic heterocycles. The van der Waals surface area contributed by atoms with Crippen molar-refractivity contribution in [3.05, 3.63) is 23.1 Å². The van der Waals surface area contributed by atoms with Crippen molar-refractivity contribution in [2.45, 2.75) is 6.54 Å². The number of hydrogen-bond acceptors (Lipinski definition) is 1. The van der Waals surface area contributed by atoms with Gasteiger partial charge in [-0.3, -0.25) is 0 Å². The zero-order valence-electron chi connectivity index (χ0n) is 4.36. The summed E-state index contributed by atoms with van der Waals surface area (Å²) in [7, 11) is 0. The molecule has 0 amide bonds. The highest BCUT2D eigenvalue weighted by Gasteiger charge is 1.95. The van der Waals surface area contributed by atoms with Crippen molar-refractivity contribution in [2.75, 3.05) is 0 Å². The maximum absolute atomic E-state index is 5.44. The third-order valence-electron chi connectivity index (χ3n) is 0.875. The van der Waals surface area contributed by atoms with Crippen LogP contribution in [0, 0.1) is 0 Å². The first kappa shape index (κ1) is 5.66. The minimum Gasteiger partial charge on any atom is -0.444 e. The molecule has 0 saturated heterocycles. The minimum absolute atomic E-state index is 0.434. The fourth-order valence-electron chi connectivity index (χ4n) is 0.486. The molecule has 0 saturated carbocycles. The summed E-state index contributed by atoms with van der Waals surface area (Å²) in [6.07, 6.45) is 0. The second kappa shape index (κ2) is 2.20. The lowest BCUT2D eigenvalue weighted by Crippen LogP contribution is -2.47. The van der Waals surface area contributed by atoms with Gasteiger partial charge in [-0.15, -0.1) is 0 Å². The molecule has 0 spiro atoms. The Kier molecular flexibility index (Phi) is 1.56. The third kappa shape index (κ3) is 1.02. The van der Waals surface area contributed by atoms with Crippen LogP contribution in [0.5, 0.6) is 0 Å². The first-order chi connectivity index (χ1) is 3.83. The molecule has 0 unspecified atom stereocenters. The van der Waals surface area contributed by atoms with Gasteiger partial charge in [-0.2, -0.15) is 0 Å². The van der Waals surface area contributed by atoms with Crippen LogP contribution in [0.3, 0.4) is 0 Å². The second-order valence-corrected chi connectivity index (χ2v) is 1.83. The molecule has 0 aliphatic heterocycles. The van der Waals surface area contributed by atoms with E-state index in [1.165, 1.54) is 0 Å². The molecule has 1 aromatic rings. The highest BCUT2D eigenvalue weighted by Crippen LogP contribution is 2.11. The highest BCUT2D eigenvalue weighted by atomic mass is 35.5. The van der Waals surface area contributed by atoms with Gasteiger partial charge < -0.3 is 10.2 Å².